The second-order valence-electron chi connectivity index (χ2n) is 7.73. The first-order valence-electron chi connectivity index (χ1n) is 10.1. The molecule has 0 fully saturated rings. The largest absolute Gasteiger partial charge is 0.457 e. The van der Waals surface area contributed by atoms with Crippen LogP contribution in [0.3, 0.4) is 0 Å². The summed E-state index contributed by atoms with van der Waals surface area (Å²) < 4.78 is 35.3. The minimum atomic E-state index is -3.56. The van der Waals surface area contributed by atoms with Gasteiger partial charge in [-0.3, -0.25) is 9.48 Å². The van der Waals surface area contributed by atoms with Crippen molar-refractivity contribution in [2.75, 3.05) is 14.1 Å². The van der Waals surface area contributed by atoms with E-state index < -0.39 is 10.0 Å². The molecule has 0 saturated heterocycles. The average molecular weight is 448 g/mol. The maximum absolute atomic E-state index is 12.5. The van der Waals surface area contributed by atoms with Crippen molar-refractivity contribution < 1.29 is 17.9 Å². The molecule has 0 aliphatic heterocycles. The quantitative estimate of drug-likeness (QED) is 0.492. The highest BCUT2D eigenvalue weighted by Crippen LogP contribution is 2.23. The van der Waals surface area contributed by atoms with Gasteiger partial charge in [-0.15, -0.1) is 0 Å². The number of rotatable bonds is 8. The summed E-state index contributed by atoms with van der Waals surface area (Å²) in [6.07, 6.45) is 1.00. The molecule has 10 heteroatoms. The van der Waals surface area contributed by atoms with E-state index in [9.17, 15) is 13.2 Å². The van der Waals surface area contributed by atoms with Crippen LogP contribution >= 0.6 is 0 Å². The van der Waals surface area contributed by atoms with E-state index in [0.29, 0.717) is 17.9 Å². The van der Waals surface area contributed by atoms with Gasteiger partial charge in [-0.05, 0) is 38.5 Å². The fourth-order valence-corrected chi connectivity index (χ4v) is 4.45. The van der Waals surface area contributed by atoms with Gasteiger partial charge in [0.05, 0.1) is 28.0 Å². The first-order chi connectivity index (χ1) is 14.6. The fourth-order valence-electron chi connectivity index (χ4n) is 3.53. The summed E-state index contributed by atoms with van der Waals surface area (Å²) in [5.41, 5.74) is 3.98. The maximum atomic E-state index is 12.5. The molecule has 3 aromatic rings. The van der Waals surface area contributed by atoms with E-state index in [1.165, 1.54) is 18.4 Å². The molecule has 0 unspecified atom stereocenters. The number of aryl methyl sites for hydroxylation is 3. The molecule has 1 aromatic carbocycles. The Morgan fingerprint density at radius 2 is 1.94 bits per heavy atom. The number of aromatic nitrogens is 4. The van der Waals surface area contributed by atoms with Gasteiger partial charge in [0.25, 0.3) is 0 Å². The van der Waals surface area contributed by atoms with E-state index in [4.69, 9.17) is 4.74 Å². The van der Waals surface area contributed by atoms with Gasteiger partial charge in [0.15, 0.2) is 0 Å². The van der Waals surface area contributed by atoms with Gasteiger partial charge in [0.2, 0.25) is 10.0 Å². The number of nitrogens with zero attached hydrogens (tertiary/aromatic N) is 5. The summed E-state index contributed by atoms with van der Waals surface area (Å²) in [5, 5.41) is 4.33. The molecule has 2 aromatic heterocycles. The van der Waals surface area contributed by atoms with Crippen molar-refractivity contribution in [3.8, 4) is 0 Å². The zero-order valence-corrected chi connectivity index (χ0v) is 19.7. The lowest BCUT2D eigenvalue weighted by Gasteiger charge is -2.11. The highest BCUT2D eigenvalue weighted by atomic mass is 32.2. The van der Waals surface area contributed by atoms with Crippen LogP contribution in [0.2, 0.25) is 0 Å². The predicted molar refractivity (Wildman–Crippen MR) is 117 cm³/mol. The van der Waals surface area contributed by atoms with Crippen LogP contribution in [0.25, 0.3) is 11.0 Å². The van der Waals surface area contributed by atoms with Crippen LogP contribution in [0, 0.1) is 13.8 Å². The van der Waals surface area contributed by atoms with Crippen molar-refractivity contribution in [2.45, 2.75) is 51.7 Å². The Kier molecular flexibility index (Phi) is 6.51. The molecule has 0 amide bonds. The average Bonchev–Trinajstić information content (AvgIpc) is 3.17. The summed E-state index contributed by atoms with van der Waals surface area (Å²) in [6.45, 7) is 6.53. The van der Waals surface area contributed by atoms with Crippen LogP contribution in [-0.2, 0) is 46.2 Å². The molecule has 0 N–H and O–H groups in total. The summed E-state index contributed by atoms with van der Waals surface area (Å²) in [5.74, 6) is 0.231. The van der Waals surface area contributed by atoms with Gasteiger partial charge in [0.1, 0.15) is 12.4 Å². The fraction of sp³-hybridized carbons (Fsp3) is 0.476. The van der Waals surface area contributed by atoms with Gasteiger partial charge < -0.3 is 9.30 Å². The minimum absolute atomic E-state index is 0.0155. The zero-order valence-electron chi connectivity index (χ0n) is 18.8. The second-order valence-corrected chi connectivity index (χ2v) is 9.88. The van der Waals surface area contributed by atoms with Crippen molar-refractivity contribution in [1.82, 2.24) is 23.6 Å². The molecule has 0 spiro atoms. The van der Waals surface area contributed by atoms with Gasteiger partial charge in [-0.25, -0.2) is 17.7 Å². The van der Waals surface area contributed by atoms with Crippen LogP contribution in [-0.4, -0.2) is 52.1 Å². The van der Waals surface area contributed by atoms with E-state index in [-0.39, 0.29) is 23.9 Å². The van der Waals surface area contributed by atoms with Crippen LogP contribution < -0.4 is 0 Å². The van der Waals surface area contributed by atoms with Crippen LogP contribution in [0.4, 0.5) is 0 Å². The number of carbonyl (C=O) groups is 1. The highest BCUT2D eigenvalue weighted by molar-refractivity contribution is 7.89. The Bertz CT molecular complexity index is 1220. The topological polar surface area (TPSA) is 99.3 Å². The first-order valence-corrected chi connectivity index (χ1v) is 11.6. The van der Waals surface area contributed by atoms with Crippen LogP contribution in [0.15, 0.2) is 23.1 Å². The molecule has 0 aliphatic carbocycles. The molecule has 168 valence electrons. The molecule has 3 rings (SSSR count). The smallest absolute Gasteiger partial charge is 0.310 e. The lowest BCUT2D eigenvalue weighted by molar-refractivity contribution is -0.144. The van der Waals surface area contributed by atoms with Crippen molar-refractivity contribution in [3.05, 3.63) is 41.0 Å². The second kappa shape index (κ2) is 8.80. The molecule has 9 nitrogen and oxygen atoms in total. The number of sulfonamides is 1. The SMILES string of the molecule is CCCn1c(COC(=O)Cc2c(C)nn(C)c2C)nc2cc(S(=O)(=O)N(C)C)ccc21. The molecular weight excluding hydrogens is 418 g/mol. The maximum Gasteiger partial charge on any atom is 0.310 e. The van der Waals surface area contributed by atoms with Crippen molar-refractivity contribution in [2.24, 2.45) is 7.05 Å². The number of fused-ring (bicyclic) bond motifs is 1. The van der Waals surface area contributed by atoms with Gasteiger partial charge in [-0.2, -0.15) is 5.10 Å². The standard InChI is InChI=1S/C21H29N5O4S/c1-7-10-26-19-9-8-16(31(28,29)24(4)5)11-18(19)22-20(26)13-30-21(27)12-17-14(2)23-25(6)15(17)3/h8-9,11H,7,10,12-13H2,1-6H3. The third-order valence-electron chi connectivity index (χ3n) is 5.37. The molecule has 0 aliphatic rings. The number of hydrogen-bond acceptors (Lipinski definition) is 6. The summed E-state index contributed by atoms with van der Waals surface area (Å²) in [7, 11) is 1.27. The molecule has 0 atom stereocenters. The minimum Gasteiger partial charge on any atom is -0.457 e. The van der Waals surface area contributed by atoms with Gasteiger partial charge in [-0.1, -0.05) is 6.92 Å². The molecule has 0 radical (unpaired) electrons. The highest BCUT2D eigenvalue weighted by Gasteiger charge is 2.20. The summed E-state index contributed by atoms with van der Waals surface area (Å²) in [6, 6.07) is 4.89. The van der Waals surface area contributed by atoms with E-state index in [1.54, 1.807) is 22.9 Å². The van der Waals surface area contributed by atoms with E-state index in [0.717, 1.165) is 28.9 Å². The third kappa shape index (κ3) is 4.49. The van der Waals surface area contributed by atoms with Crippen molar-refractivity contribution >= 4 is 27.0 Å². The number of hydrogen-bond donors (Lipinski definition) is 0. The summed E-state index contributed by atoms with van der Waals surface area (Å²) in [4.78, 5) is 17.2. The normalized spacial score (nSPS) is 12.1. The molecule has 0 bridgehead atoms. The van der Waals surface area contributed by atoms with Crippen LogP contribution in [0.5, 0.6) is 0 Å². The number of esters is 1. The lowest BCUT2D eigenvalue weighted by Crippen LogP contribution is -2.22. The zero-order chi connectivity index (χ0) is 22.9. The van der Waals surface area contributed by atoms with Crippen LogP contribution in [0.1, 0.15) is 36.1 Å². The number of ether oxygens (including phenoxy) is 1. The van der Waals surface area contributed by atoms with Gasteiger partial charge in [0, 0.05) is 38.9 Å². The first kappa shape index (κ1) is 23.0. The summed E-state index contributed by atoms with van der Waals surface area (Å²) >= 11 is 0. The van der Waals surface area contributed by atoms with E-state index >= 15 is 0 Å². The Hall–Kier alpha value is -2.72. The Morgan fingerprint density at radius 1 is 1.23 bits per heavy atom. The van der Waals surface area contributed by atoms with Crippen molar-refractivity contribution in [3.63, 3.8) is 0 Å². The Labute approximate surface area is 182 Å². The lowest BCUT2D eigenvalue weighted by atomic mass is 10.1. The number of imidazole rings is 1. The van der Waals surface area contributed by atoms with Gasteiger partial charge >= 0.3 is 5.97 Å². The molecule has 31 heavy (non-hydrogen) atoms. The Balaban J connectivity index is 1.85. The predicted octanol–water partition coefficient (Wildman–Crippen LogP) is 2.33. The van der Waals surface area contributed by atoms with E-state index in [2.05, 4.69) is 10.1 Å². The van der Waals surface area contributed by atoms with Crippen molar-refractivity contribution in [1.29, 1.82) is 0 Å². The molecular formula is C21H29N5O4S. The number of benzene rings is 1. The molecule has 0 saturated carbocycles. The molecule has 2 heterocycles. The third-order valence-corrected chi connectivity index (χ3v) is 7.18. The monoisotopic (exact) mass is 447 g/mol. The Morgan fingerprint density at radius 3 is 2.52 bits per heavy atom. The van der Waals surface area contributed by atoms with E-state index in [1.807, 2.05) is 32.4 Å². The number of carbonyl (C=O) groups excluding carboxylic acids is 1.